The van der Waals surface area contributed by atoms with E-state index in [1.54, 1.807) is 12.3 Å². The minimum atomic E-state index is -3.17. The fourth-order valence-corrected chi connectivity index (χ4v) is 7.82. The van der Waals surface area contributed by atoms with Gasteiger partial charge in [0, 0.05) is 19.3 Å². The van der Waals surface area contributed by atoms with Crippen molar-refractivity contribution >= 4 is 61.6 Å². The highest BCUT2D eigenvalue weighted by atomic mass is 32.2. The third kappa shape index (κ3) is 4.29. The molecule has 1 unspecified atom stereocenters. The summed E-state index contributed by atoms with van der Waals surface area (Å²) in [6.07, 6.45) is 5.73. The Bertz CT molecular complexity index is 1390. The number of aryl methyl sites for hydroxylation is 1. The van der Waals surface area contributed by atoms with Crippen LogP contribution < -0.4 is 10.5 Å². The molecular formula is C23H26N4O4S3. The van der Waals surface area contributed by atoms with E-state index >= 15 is 0 Å². The topological polar surface area (TPSA) is 92.1 Å². The molecule has 0 aromatic carbocycles. The molecular weight excluding hydrogens is 492 g/mol. The lowest BCUT2D eigenvalue weighted by atomic mass is 9.99. The van der Waals surface area contributed by atoms with Gasteiger partial charge in [-0.25, -0.2) is 13.4 Å². The molecule has 11 heteroatoms. The third-order valence-electron chi connectivity index (χ3n) is 6.74. The number of carbonyl (C=O) groups is 1. The first-order valence-electron chi connectivity index (χ1n) is 11.4. The van der Waals surface area contributed by atoms with Gasteiger partial charge in [-0.3, -0.25) is 18.9 Å². The predicted molar refractivity (Wildman–Crippen MR) is 139 cm³/mol. The van der Waals surface area contributed by atoms with E-state index in [1.165, 1.54) is 9.30 Å². The molecule has 2 aromatic rings. The molecule has 8 nitrogen and oxygen atoms in total. The molecule has 0 radical (unpaired) electrons. The van der Waals surface area contributed by atoms with Crippen molar-refractivity contribution in [2.45, 2.75) is 39.2 Å². The second kappa shape index (κ2) is 8.76. The van der Waals surface area contributed by atoms with Crippen LogP contribution >= 0.6 is 24.0 Å². The summed E-state index contributed by atoms with van der Waals surface area (Å²) in [5.74, 6) is 0.825. The number of nitrogens with zero attached hydrogens (tertiary/aromatic N) is 4. The minimum Gasteiger partial charge on any atom is -0.356 e. The lowest BCUT2D eigenvalue weighted by Gasteiger charge is -2.32. The number of pyridine rings is 1. The Morgan fingerprint density at radius 3 is 2.59 bits per heavy atom. The van der Waals surface area contributed by atoms with E-state index in [0.29, 0.717) is 38.6 Å². The second-order valence-electron chi connectivity index (χ2n) is 9.37. The Labute approximate surface area is 207 Å². The van der Waals surface area contributed by atoms with Crippen molar-refractivity contribution in [3.63, 3.8) is 0 Å². The van der Waals surface area contributed by atoms with E-state index in [-0.39, 0.29) is 23.0 Å². The van der Waals surface area contributed by atoms with E-state index < -0.39 is 15.9 Å². The highest BCUT2D eigenvalue weighted by Crippen LogP contribution is 2.37. The molecule has 3 aliphatic rings. The number of thioether (sulfide) groups is 1. The number of rotatable bonds is 3. The highest BCUT2D eigenvalue weighted by molar-refractivity contribution is 8.26. The number of piperidine rings is 1. The fraction of sp³-hybridized carbons (Fsp3) is 0.478. The Morgan fingerprint density at radius 2 is 1.91 bits per heavy atom. The number of anilines is 1. The average molecular weight is 519 g/mol. The van der Waals surface area contributed by atoms with Crippen LogP contribution in [0.1, 0.15) is 37.3 Å². The molecule has 3 fully saturated rings. The zero-order valence-corrected chi connectivity index (χ0v) is 21.5. The lowest BCUT2D eigenvalue weighted by Crippen LogP contribution is -2.39. The molecule has 3 saturated heterocycles. The molecule has 180 valence electrons. The maximum absolute atomic E-state index is 13.6. The third-order valence-corrected chi connectivity index (χ3v) is 9.82. The maximum atomic E-state index is 13.6. The Morgan fingerprint density at radius 1 is 1.18 bits per heavy atom. The van der Waals surface area contributed by atoms with E-state index in [1.807, 2.05) is 19.1 Å². The van der Waals surface area contributed by atoms with Gasteiger partial charge in [0.25, 0.3) is 11.5 Å². The van der Waals surface area contributed by atoms with Crippen molar-refractivity contribution in [2.24, 2.45) is 5.92 Å². The first-order valence-corrected chi connectivity index (χ1v) is 14.4. The highest BCUT2D eigenvalue weighted by Gasteiger charge is 2.42. The van der Waals surface area contributed by atoms with Gasteiger partial charge in [0.1, 0.15) is 15.8 Å². The number of aromatic nitrogens is 2. The standard InChI is InChI=1S/C23H26N4O4S3/c1-14-5-8-25(9-6-14)20-17(21(28)26-12-15(2)3-4-19(26)24-20)11-18-22(29)27(23(32)33-18)16-7-10-34(30,31)13-16/h3-4,11-12,14,16H,5-10,13H2,1-2H3/b18-11+. The summed E-state index contributed by atoms with van der Waals surface area (Å²) in [4.78, 5) is 35.6. The number of thiocarbonyl (C=S) groups is 1. The van der Waals surface area contributed by atoms with Crippen molar-refractivity contribution < 1.29 is 13.2 Å². The predicted octanol–water partition coefficient (Wildman–Crippen LogP) is 2.63. The molecule has 0 bridgehead atoms. The van der Waals surface area contributed by atoms with Gasteiger partial charge >= 0.3 is 0 Å². The summed E-state index contributed by atoms with van der Waals surface area (Å²) in [5.41, 5.74) is 1.61. The van der Waals surface area contributed by atoms with E-state index in [2.05, 4.69) is 11.8 Å². The van der Waals surface area contributed by atoms with Crippen LogP contribution in [0.5, 0.6) is 0 Å². The number of hydrogen-bond donors (Lipinski definition) is 0. The quantitative estimate of drug-likeness (QED) is 0.452. The van der Waals surface area contributed by atoms with Gasteiger partial charge in [-0.1, -0.05) is 37.0 Å². The van der Waals surface area contributed by atoms with Gasteiger partial charge in [0.05, 0.1) is 28.0 Å². The van der Waals surface area contributed by atoms with Gasteiger partial charge < -0.3 is 4.90 Å². The molecule has 34 heavy (non-hydrogen) atoms. The smallest absolute Gasteiger partial charge is 0.267 e. The van der Waals surface area contributed by atoms with Crippen molar-refractivity contribution in [3.8, 4) is 0 Å². The summed E-state index contributed by atoms with van der Waals surface area (Å²) in [7, 11) is -3.17. The molecule has 0 saturated carbocycles. The molecule has 5 heterocycles. The number of hydrogen-bond acceptors (Lipinski definition) is 8. The van der Waals surface area contributed by atoms with Gasteiger partial charge in [0.2, 0.25) is 0 Å². The molecule has 1 atom stereocenters. The van der Waals surface area contributed by atoms with Crippen molar-refractivity contribution in [1.29, 1.82) is 0 Å². The monoisotopic (exact) mass is 518 g/mol. The lowest BCUT2D eigenvalue weighted by molar-refractivity contribution is -0.123. The zero-order chi connectivity index (χ0) is 24.2. The van der Waals surface area contributed by atoms with Crippen LogP contribution in [0.25, 0.3) is 11.7 Å². The van der Waals surface area contributed by atoms with Crippen molar-refractivity contribution in [2.75, 3.05) is 29.5 Å². The number of sulfone groups is 1. The van der Waals surface area contributed by atoms with E-state index in [9.17, 15) is 18.0 Å². The van der Waals surface area contributed by atoms with Gasteiger partial charge in [-0.2, -0.15) is 0 Å². The summed E-state index contributed by atoms with van der Waals surface area (Å²) >= 11 is 6.56. The van der Waals surface area contributed by atoms with Crippen LogP contribution in [-0.4, -0.2) is 63.6 Å². The van der Waals surface area contributed by atoms with Crippen LogP contribution in [0, 0.1) is 12.8 Å². The van der Waals surface area contributed by atoms with Crippen LogP contribution in [0.3, 0.4) is 0 Å². The molecule has 0 spiro atoms. The summed E-state index contributed by atoms with van der Waals surface area (Å²) in [6, 6.07) is 3.30. The molecule has 0 aliphatic carbocycles. The maximum Gasteiger partial charge on any atom is 0.267 e. The van der Waals surface area contributed by atoms with Crippen LogP contribution in [0.2, 0.25) is 0 Å². The fourth-order valence-electron chi connectivity index (χ4n) is 4.74. The second-order valence-corrected chi connectivity index (χ2v) is 13.3. The molecule has 5 rings (SSSR count). The molecule has 1 amide bonds. The van der Waals surface area contributed by atoms with E-state index in [4.69, 9.17) is 17.2 Å². The minimum absolute atomic E-state index is 0.0561. The van der Waals surface area contributed by atoms with Crippen LogP contribution in [-0.2, 0) is 14.6 Å². The molecule has 2 aromatic heterocycles. The largest absolute Gasteiger partial charge is 0.356 e. The molecule has 3 aliphatic heterocycles. The van der Waals surface area contributed by atoms with Gasteiger partial charge in [-0.05, 0) is 49.8 Å². The van der Waals surface area contributed by atoms with Gasteiger partial charge in [-0.15, -0.1) is 0 Å². The first-order chi connectivity index (χ1) is 16.1. The van der Waals surface area contributed by atoms with Gasteiger partial charge in [0.15, 0.2) is 9.84 Å². The van der Waals surface area contributed by atoms with Crippen LogP contribution in [0.4, 0.5) is 5.82 Å². The summed E-state index contributed by atoms with van der Waals surface area (Å²) in [5, 5.41) is 0. The normalized spacial score (nSPS) is 24.6. The summed E-state index contributed by atoms with van der Waals surface area (Å²) in [6.45, 7) is 5.71. The van der Waals surface area contributed by atoms with E-state index in [0.717, 1.165) is 43.3 Å². The van der Waals surface area contributed by atoms with Crippen molar-refractivity contribution in [3.05, 3.63) is 44.7 Å². The Kier molecular flexibility index (Phi) is 6.06. The zero-order valence-electron chi connectivity index (χ0n) is 19.1. The van der Waals surface area contributed by atoms with Crippen LogP contribution in [0.15, 0.2) is 28.0 Å². The first kappa shape index (κ1) is 23.5. The van der Waals surface area contributed by atoms with Crippen molar-refractivity contribution in [1.82, 2.24) is 14.3 Å². The summed E-state index contributed by atoms with van der Waals surface area (Å²) < 4.78 is 25.8. The number of amides is 1. The SMILES string of the molecule is Cc1ccc2nc(N3CCC(C)CC3)c(/C=C3/SC(=S)N(C4CCS(=O)(=O)C4)C3=O)c(=O)n2c1. The Balaban J connectivity index is 1.59. The average Bonchev–Trinajstić information content (AvgIpc) is 3.28. The Hall–Kier alpha value is -2.24. The number of fused-ring (bicyclic) bond motifs is 1. The number of carbonyl (C=O) groups excluding carboxylic acids is 1. The molecule has 0 N–H and O–H groups in total.